The Morgan fingerprint density at radius 2 is 2.38 bits per heavy atom. The number of hydrogen-bond acceptors (Lipinski definition) is 5. The third-order valence-electron chi connectivity index (χ3n) is 1.46. The van der Waals surface area contributed by atoms with Crippen LogP contribution < -0.4 is 0 Å². The molecule has 0 unspecified atom stereocenters. The van der Waals surface area contributed by atoms with E-state index in [1.807, 2.05) is 6.26 Å². The number of aromatic carboxylic acids is 1. The van der Waals surface area contributed by atoms with Gasteiger partial charge in [0.1, 0.15) is 9.71 Å². The van der Waals surface area contributed by atoms with E-state index >= 15 is 0 Å². The maximum Gasteiger partial charge on any atom is 0.345 e. The third kappa shape index (κ3) is 1.56. The molecule has 2 rings (SSSR count). The average molecular weight is 231 g/mol. The zero-order valence-electron chi connectivity index (χ0n) is 6.60. The fraction of sp³-hybridized carbons (Fsp3) is 0.143. The van der Waals surface area contributed by atoms with Crippen LogP contribution in [0.2, 0.25) is 0 Å². The lowest BCUT2D eigenvalue weighted by Crippen LogP contribution is -1.89. The highest BCUT2D eigenvalue weighted by molar-refractivity contribution is 8.00. The molecule has 3 nitrogen and oxygen atoms in total. The Morgan fingerprint density at radius 3 is 2.92 bits per heavy atom. The maximum atomic E-state index is 10.6. The maximum absolute atomic E-state index is 10.6. The van der Waals surface area contributed by atoms with Crippen molar-refractivity contribution < 1.29 is 9.90 Å². The van der Waals surface area contributed by atoms with Crippen molar-refractivity contribution in [2.75, 3.05) is 6.26 Å². The van der Waals surface area contributed by atoms with Crippen molar-refractivity contribution in [1.29, 1.82) is 0 Å². The normalized spacial score (nSPS) is 10.8. The van der Waals surface area contributed by atoms with E-state index in [1.165, 1.54) is 22.7 Å². The lowest BCUT2D eigenvalue weighted by Gasteiger charge is -1.83. The molecule has 0 aliphatic heterocycles. The van der Waals surface area contributed by atoms with E-state index in [9.17, 15) is 4.79 Å². The summed E-state index contributed by atoms with van der Waals surface area (Å²) in [5, 5.41) is 8.71. The molecule has 2 heterocycles. The number of aromatic nitrogens is 1. The lowest BCUT2D eigenvalue weighted by atomic mass is 10.5. The first-order valence-electron chi connectivity index (χ1n) is 3.38. The number of nitrogens with zero attached hydrogens (tertiary/aromatic N) is 1. The molecule has 2 aromatic rings. The number of hydrogen-bond donors (Lipinski definition) is 1. The van der Waals surface area contributed by atoms with Gasteiger partial charge in [0.15, 0.2) is 4.34 Å². The molecule has 0 bridgehead atoms. The first kappa shape index (κ1) is 8.98. The molecule has 2 aromatic heterocycles. The second-order valence-corrected chi connectivity index (χ2v) is 5.38. The van der Waals surface area contributed by atoms with Gasteiger partial charge in [0.05, 0.1) is 4.70 Å². The van der Waals surface area contributed by atoms with Gasteiger partial charge in [-0.05, 0) is 12.3 Å². The average Bonchev–Trinajstić information content (AvgIpc) is 2.58. The van der Waals surface area contributed by atoms with Crippen molar-refractivity contribution in [1.82, 2.24) is 4.98 Å². The summed E-state index contributed by atoms with van der Waals surface area (Å²) in [5.41, 5.74) is 0. The second kappa shape index (κ2) is 3.28. The number of carbonyl (C=O) groups is 1. The molecule has 0 saturated carbocycles. The summed E-state index contributed by atoms with van der Waals surface area (Å²) < 4.78 is 1.95. The smallest absolute Gasteiger partial charge is 0.345 e. The van der Waals surface area contributed by atoms with Crippen molar-refractivity contribution in [2.24, 2.45) is 0 Å². The van der Waals surface area contributed by atoms with Crippen LogP contribution in [0.25, 0.3) is 9.53 Å². The van der Waals surface area contributed by atoms with Gasteiger partial charge in [-0.15, -0.1) is 22.7 Å². The second-order valence-electron chi connectivity index (χ2n) is 2.27. The number of fused-ring (bicyclic) bond motifs is 1. The van der Waals surface area contributed by atoms with Crippen molar-refractivity contribution >= 4 is 49.9 Å². The summed E-state index contributed by atoms with van der Waals surface area (Å²) >= 11 is 4.34. The molecule has 68 valence electrons. The Bertz CT molecular complexity index is 428. The van der Waals surface area contributed by atoms with Crippen LogP contribution in [0.3, 0.4) is 0 Å². The Kier molecular flexibility index (Phi) is 2.27. The molecule has 1 N–H and O–H groups in total. The van der Waals surface area contributed by atoms with Crippen molar-refractivity contribution in [3.8, 4) is 0 Å². The van der Waals surface area contributed by atoms with Crippen LogP contribution >= 0.6 is 34.4 Å². The van der Waals surface area contributed by atoms with E-state index in [2.05, 4.69) is 4.98 Å². The molecule has 0 amide bonds. The summed E-state index contributed by atoms with van der Waals surface area (Å²) in [6.45, 7) is 0. The largest absolute Gasteiger partial charge is 0.477 e. The Labute approximate surface area is 86.4 Å². The van der Waals surface area contributed by atoms with Crippen molar-refractivity contribution in [3.63, 3.8) is 0 Å². The van der Waals surface area contributed by atoms with Gasteiger partial charge in [0.2, 0.25) is 0 Å². The number of thiophene rings is 1. The summed E-state index contributed by atoms with van der Waals surface area (Å²) in [6, 6.07) is 1.68. The number of carboxylic acid groups (broad SMARTS) is 1. The summed E-state index contributed by atoms with van der Waals surface area (Å²) in [7, 11) is 0. The molecule has 6 heteroatoms. The van der Waals surface area contributed by atoms with E-state index < -0.39 is 5.97 Å². The van der Waals surface area contributed by atoms with E-state index in [0.29, 0.717) is 4.88 Å². The molecule has 0 aliphatic rings. The highest BCUT2D eigenvalue weighted by Crippen LogP contribution is 2.33. The van der Waals surface area contributed by atoms with E-state index in [1.54, 1.807) is 17.8 Å². The van der Waals surface area contributed by atoms with Crippen LogP contribution in [0.4, 0.5) is 0 Å². The van der Waals surface area contributed by atoms with Gasteiger partial charge in [-0.3, -0.25) is 0 Å². The Hall–Kier alpha value is -0.590. The number of thioether (sulfide) groups is 1. The van der Waals surface area contributed by atoms with Crippen LogP contribution in [0.1, 0.15) is 9.67 Å². The molecule has 0 spiro atoms. The molecule has 0 aromatic carbocycles. The van der Waals surface area contributed by atoms with E-state index in [-0.39, 0.29) is 0 Å². The molecule has 0 saturated heterocycles. The van der Waals surface area contributed by atoms with Crippen LogP contribution in [-0.2, 0) is 0 Å². The highest BCUT2D eigenvalue weighted by Gasteiger charge is 2.11. The van der Waals surface area contributed by atoms with Gasteiger partial charge in [0, 0.05) is 0 Å². The van der Waals surface area contributed by atoms with Gasteiger partial charge in [-0.1, -0.05) is 11.8 Å². The molecule has 0 radical (unpaired) electrons. The van der Waals surface area contributed by atoms with Crippen LogP contribution in [0, 0.1) is 0 Å². The zero-order chi connectivity index (χ0) is 9.42. The minimum Gasteiger partial charge on any atom is -0.477 e. The van der Waals surface area contributed by atoms with Gasteiger partial charge < -0.3 is 5.11 Å². The fourth-order valence-electron chi connectivity index (χ4n) is 0.908. The SMILES string of the molecule is CSc1nc2sc(C(=O)O)cc2s1. The number of rotatable bonds is 2. The van der Waals surface area contributed by atoms with E-state index in [4.69, 9.17) is 5.11 Å². The van der Waals surface area contributed by atoms with Crippen LogP contribution in [-0.4, -0.2) is 22.3 Å². The topological polar surface area (TPSA) is 50.2 Å². The summed E-state index contributed by atoms with van der Waals surface area (Å²) in [4.78, 5) is 16.1. The van der Waals surface area contributed by atoms with Gasteiger partial charge in [-0.2, -0.15) is 0 Å². The Morgan fingerprint density at radius 1 is 1.62 bits per heavy atom. The first-order chi connectivity index (χ1) is 6.20. The number of thiazole rings is 1. The predicted molar refractivity (Wildman–Crippen MR) is 56.2 cm³/mol. The monoisotopic (exact) mass is 231 g/mol. The van der Waals surface area contributed by atoms with Gasteiger partial charge in [0.25, 0.3) is 0 Å². The fourth-order valence-corrected chi connectivity index (χ4v) is 3.54. The molecule has 0 fully saturated rings. The van der Waals surface area contributed by atoms with Crippen LogP contribution in [0.15, 0.2) is 10.4 Å². The van der Waals surface area contributed by atoms with Gasteiger partial charge in [-0.25, -0.2) is 9.78 Å². The van der Waals surface area contributed by atoms with Crippen molar-refractivity contribution in [3.05, 3.63) is 10.9 Å². The predicted octanol–water partition coefficient (Wildman–Crippen LogP) is 2.78. The zero-order valence-corrected chi connectivity index (χ0v) is 9.05. The van der Waals surface area contributed by atoms with Crippen LogP contribution in [0.5, 0.6) is 0 Å². The minimum atomic E-state index is -0.874. The summed E-state index contributed by atoms with van der Waals surface area (Å²) in [6.07, 6.45) is 1.96. The minimum absolute atomic E-state index is 0.362. The summed E-state index contributed by atoms with van der Waals surface area (Å²) in [5.74, 6) is -0.874. The van der Waals surface area contributed by atoms with E-state index in [0.717, 1.165) is 13.9 Å². The molecular weight excluding hydrogens is 226 g/mol. The lowest BCUT2D eigenvalue weighted by molar-refractivity contribution is 0.0702. The Balaban J connectivity index is 2.54. The standard InChI is InChI=1S/C7H5NO2S3/c1-11-7-8-5-3(13-7)2-4(12-5)6(9)10/h2H,1H3,(H,9,10). The van der Waals surface area contributed by atoms with Crippen molar-refractivity contribution in [2.45, 2.75) is 4.34 Å². The molecule has 0 atom stereocenters. The molecule has 13 heavy (non-hydrogen) atoms. The highest BCUT2D eigenvalue weighted by atomic mass is 32.2. The molecular formula is C7H5NO2S3. The third-order valence-corrected chi connectivity index (χ3v) is 4.59. The molecule has 0 aliphatic carbocycles. The number of carboxylic acids is 1. The van der Waals surface area contributed by atoms with Gasteiger partial charge >= 0.3 is 5.97 Å². The quantitative estimate of drug-likeness (QED) is 0.807. The first-order valence-corrected chi connectivity index (χ1v) is 6.24.